The fourth-order valence-corrected chi connectivity index (χ4v) is 8.56. The van der Waals surface area contributed by atoms with Gasteiger partial charge in [-0.25, -0.2) is 0 Å². The number of aromatic nitrogens is 3. The van der Waals surface area contributed by atoms with Crippen molar-refractivity contribution in [2.45, 2.75) is 13.8 Å². The molecule has 62 heavy (non-hydrogen) atoms. The second-order valence-electron chi connectivity index (χ2n) is 15.7. The molecule has 0 aliphatic carbocycles. The Hall–Kier alpha value is -8.01. The molecule has 0 aliphatic heterocycles. The van der Waals surface area contributed by atoms with E-state index in [0.717, 1.165) is 101 Å². The Morgan fingerprint density at radius 3 is 0.919 bits per heavy atom. The zero-order valence-electron chi connectivity index (χ0n) is 34.7. The lowest BCUT2D eigenvalue weighted by Gasteiger charge is -2.19. The van der Waals surface area contributed by atoms with Crippen LogP contribution in [0.5, 0.6) is 0 Å². The first-order chi connectivity index (χ1) is 30.6. The molecule has 0 aliphatic rings. The van der Waals surface area contributed by atoms with Crippen molar-refractivity contribution >= 4 is 0 Å². The van der Waals surface area contributed by atoms with E-state index in [1.807, 2.05) is 36.8 Å². The van der Waals surface area contributed by atoms with Crippen molar-refractivity contribution in [2.75, 3.05) is 0 Å². The third kappa shape index (κ3) is 7.64. The number of aryl methyl sites for hydroxylation is 2. The predicted molar refractivity (Wildman–Crippen MR) is 258 cm³/mol. The smallest absolute Gasteiger partial charge is 0.0705 e. The van der Waals surface area contributed by atoms with Crippen LogP contribution in [0, 0.1) is 13.8 Å². The van der Waals surface area contributed by atoms with E-state index in [2.05, 4.69) is 202 Å². The highest BCUT2D eigenvalue weighted by atomic mass is 14.7. The Balaban J connectivity index is 1.14. The van der Waals surface area contributed by atoms with Crippen molar-refractivity contribution in [2.24, 2.45) is 0 Å². The van der Waals surface area contributed by atoms with E-state index in [0.29, 0.717) is 0 Å². The quantitative estimate of drug-likeness (QED) is 0.146. The average molecular weight is 794 g/mol. The van der Waals surface area contributed by atoms with Crippen LogP contribution in [0.1, 0.15) is 11.1 Å². The summed E-state index contributed by atoms with van der Waals surface area (Å²) in [6.07, 6.45) is 6.07. The molecule has 3 aromatic heterocycles. The van der Waals surface area contributed by atoms with Gasteiger partial charge in [0.05, 0.1) is 17.1 Å². The average Bonchev–Trinajstić information content (AvgIpc) is 3.35. The summed E-state index contributed by atoms with van der Waals surface area (Å²) >= 11 is 0. The zero-order valence-corrected chi connectivity index (χ0v) is 34.7. The van der Waals surface area contributed by atoms with Gasteiger partial charge in [0.25, 0.3) is 0 Å². The summed E-state index contributed by atoms with van der Waals surface area (Å²) in [5.74, 6) is 0. The second kappa shape index (κ2) is 16.9. The lowest BCUT2D eigenvalue weighted by Crippen LogP contribution is -1.95. The van der Waals surface area contributed by atoms with Gasteiger partial charge in [-0.1, -0.05) is 170 Å². The Kier molecular flexibility index (Phi) is 10.4. The van der Waals surface area contributed by atoms with Crippen molar-refractivity contribution < 1.29 is 0 Å². The summed E-state index contributed by atoms with van der Waals surface area (Å²) < 4.78 is 0. The standard InChI is InChI=1S/C59H43N3/c1-40-32-58(43-20-8-4-9-21-43)61-38-55(40)53-28-16-14-26-51(53)47-34-46(50-25-13-12-24-49(50)45-30-31-57(60-37-45)42-18-6-3-7-19-42)35-48(36-47)52-27-15-17-29-54(52)56-39-62-59(33-41(56)2)44-22-10-5-11-23-44/h3-39H,1-2H3. The number of benzene rings is 7. The summed E-state index contributed by atoms with van der Waals surface area (Å²) in [4.78, 5) is 14.9. The number of hydrogen-bond acceptors (Lipinski definition) is 3. The van der Waals surface area contributed by atoms with E-state index in [1.165, 1.54) is 11.1 Å². The third-order valence-corrected chi connectivity index (χ3v) is 11.7. The minimum Gasteiger partial charge on any atom is -0.256 e. The molecule has 0 spiro atoms. The molecule has 0 N–H and O–H groups in total. The largest absolute Gasteiger partial charge is 0.256 e. The summed E-state index contributed by atoms with van der Waals surface area (Å²) in [5.41, 5.74) is 22.0. The van der Waals surface area contributed by atoms with E-state index >= 15 is 0 Å². The molecule has 10 rings (SSSR count). The topological polar surface area (TPSA) is 38.7 Å². The van der Waals surface area contributed by atoms with Crippen LogP contribution < -0.4 is 0 Å². The fourth-order valence-electron chi connectivity index (χ4n) is 8.56. The molecule has 0 unspecified atom stereocenters. The molecule has 0 amide bonds. The van der Waals surface area contributed by atoms with Crippen molar-refractivity contribution in [3.8, 4) is 101 Å². The Labute approximate surface area is 363 Å². The minimum atomic E-state index is 0.951. The molecule has 0 radical (unpaired) electrons. The van der Waals surface area contributed by atoms with Crippen molar-refractivity contribution in [1.29, 1.82) is 0 Å². The van der Waals surface area contributed by atoms with Crippen molar-refractivity contribution in [3.63, 3.8) is 0 Å². The van der Waals surface area contributed by atoms with Crippen LogP contribution in [0.2, 0.25) is 0 Å². The first-order valence-corrected chi connectivity index (χ1v) is 21.1. The molecule has 0 saturated heterocycles. The lowest BCUT2D eigenvalue weighted by molar-refractivity contribution is 1.29. The van der Waals surface area contributed by atoms with E-state index in [-0.39, 0.29) is 0 Å². The van der Waals surface area contributed by atoms with Gasteiger partial charge in [-0.2, -0.15) is 0 Å². The lowest BCUT2D eigenvalue weighted by atomic mass is 9.86. The molecule has 0 bridgehead atoms. The van der Waals surface area contributed by atoms with Gasteiger partial charge in [0.15, 0.2) is 0 Å². The maximum Gasteiger partial charge on any atom is 0.0705 e. The molecule has 7 aromatic carbocycles. The van der Waals surface area contributed by atoms with Crippen LogP contribution in [0.4, 0.5) is 0 Å². The number of nitrogens with zero attached hydrogens (tertiary/aromatic N) is 3. The highest BCUT2D eigenvalue weighted by Crippen LogP contribution is 2.43. The van der Waals surface area contributed by atoms with Gasteiger partial charge in [-0.05, 0) is 111 Å². The summed E-state index contributed by atoms with van der Waals surface area (Å²) in [6, 6.07) is 73.0. The van der Waals surface area contributed by atoms with E-state index in [9.17, 15) is 0 Å². The summed E-state index contributed by atoms with van der Waals surface area (Å²) in [6.45, 7) is 4.37. The van der Waals surface area contributed by atoms with Crippen LogP contribution >= 0.6 is 0 Å². The number of hydrogen-bond donors (Lipinski definition) is 0. The normalized spacial score (nSPS) is 11.1. The second-order valence-corrected chi connectivity index (χ2v) is 15.7. The first-order valence-electron chi connectivity index (χ1n) is 21.1. The maximum absolute atomic E-state index is 4.99. The minimum absolute atomic E-state index is 0.951. The van der Waals surface area contributed by atoms with Crippen LogP contribution in [0.15, 0.2) is 225 Å². The van der Waals surface area contributed by atoms with Gasteiger partial charge >= 0.3 is 0 Å². The van der Waals surface area contributed by atoms with E-state index < -0.39 is 0 Å². The van der Waals surface area contributed by atoms with Gasteiger partial charge < -0.3 is 0 Å². The molecule has 3 nitrogen and oxygen atoms in total. The fraction of sp³-hybridized carbons (Fsp3) is 0.0339. The summed E-state index contributed by atoms with van der Waals surface area (Å²) in [5, 5.41) is 0. The van der Waals surface area contributed by atoms with Crippen molar-refractivity contribution in [3.05, 3.63) is 236 Å². The van der Waals surface area contributed by atoms with Gasteiger partial charge in [0.1, 0.15) is 0 Å². The highest BCUT2D eigenvalue weighted by Gasteiger charge is 2.18. The van der Waals surface area contributed by atoms with E-state index in [4.69, 9.17) is 15.0 Å². The molecule has 10 aromatic rings. The van der Waals surface area contributed by atoms with Crippen LogP contribution in [-0.4, -0.2) is 15.0 Å². The summed E-state index contributed by atoms with van der Waals surface area (Å²) in [7, 11) is 0. The Morgan fingerprint density at radius 1 is 0.226 bits per heavy atom. The monoisotopic (exact) mass is 793 g/mol. The highest BCUT2D eigenvalue weighted by molar-refractivity contribution is 5.94. The molecule has 3 heteroatoms. The Morgan fingerprint density at radius 2 is 0.548 bits per heavy atom. The van der Waals surface area contributed by atoms with Crippen molar-refractivity contribution in [1.82, 2.24) is 15.0 Å². The van der Waals surface area contributed by atoms with Gasteiger partial charge in [0, 0.05) is 52.0 Å². The molecule has 0 atom stereocenters. The van der Waals surface area contributed by atoms with Crippen LogP contribution in [0.25, 0.3) is 101 Å². The SMILES string of the molecule is Cc1cc(-c2ccccc2)ncc1-c1ccccc1-c1cc(-c2ccccc2-c2ccc(-c3ccccc3)nc2)cc(-c2ccccc2-c2cnc(-c3ccccc3)cc2C)c1. The van der Waals surface area contributed by atoms with Crippen LogP contribution in [0.3, 0.4) is 0 Å². The molecule has 3 heterocycles. The predicted octanol–water partition coefficient (Wildman–Crippen LogP) is 15.5. The number of pyridine rings is 3. The van der Waals surface area contributed by atoms with Crippen LogP contribution in [-0.2, 0) is 0 Å². The Bertz CT molecular complexity index is 3020. The molecular weight excluding hydrogens is 751 g/mol. The molecule has 0 fully saturated rings. The maximum atomic E-state index is 4.99. The number of rotatable bonds is 9. The third-order valence-electron chi connectivity index (χ3n) is 11.7. The molecular formula is C59H43N3. The van der Waals surface area contributed by atoms with Gasteiger partial charge in [-0.3, -0.25) is 15.0 Å². The van der Waals surface area contributed by atoms with Gasteiger partial charge in [0.2, 0.25) is 0 Å². The first kappa shape index (κ1) is 38.2. The zero-order chi connectivity index (χ0) is 41.8. The van der Waals surface area contributed by atoms with Gasteiger partial charge in [-0.15, -0.1) is 0 Å². The molecule has 294 valence electrons. The van der Waals surface area contributed by atoms with E-state index in [1.54, 1.807) is 0 Å². The molecule has 0 saturated carbocycles.